The van der Waals surface area contributed by atoms with E-state index in [4.69, 9.17) is 23.8 Å². The maximum Gasteiger partial charge on any atom is 0.270 e. The Hall–Kier alpha value is -2.70. The van der Waals surface area contributed by atoms with Gasteiger partial charge in [0.25, 0.3) is 11.8 Å². The zero-order valence-corrected chi connectivity index (χ0v) is 20.4. The molecule has 2 aromatic carbocycles. The van der Waals surface area contributed by atoms with Gasteiger partial charge >= 0.3 is 0 Å². The Balaban J connectivity index is 1.77. The number of anilines is 2. The van der Waals surface area contributed by atoms with E-state index in [0.29, 0.717) is 22.2 Å². The van der Waals surface area contributed by atoms with E-state index < -0.39 is 11.8 Å². The van der Waals surface area contributed by atoms with Crippen LogP contribution in [0.25, 0.3) is 6.08 Å². The number of nitrogens with zero attached hydrogens (tertiary/aromatic N) is 2. The molecule has 0 bridgehead atoms. The number of halogens is 1. The average molecular weight is 468 g/mol. The van der Waals surface area contributed by atoms with Crippen molar-refractivity contribution in [3.05, 3.63) is 63.7 Å². The second-order valence-electron chi connectivity index (χ2n) is 9.20. The van der Waals surface area contributed by atoms with Crippen LogP contribution in [0.15, 0.2) is 42.0 Å². The highest BCUT2D eigenvalue weighted by Gasteiger charge is 2.36. The summed E-state index contributed by atoms with van der Waals surface area (Å²) in [4.78, 5) is 29.6. The zero-order valence-electron chi connectivity index (χ0n) is 18.8. The number of aryl methyl sites for hydroxylation is 1. The molecule has 2 heterocycles. The maximum absolute atomic E-state index is 13.3. The first-order valence-corrected chi connectivity index (χ1v) is 11.3. The fraction of sp³-hybridized carbons (Fsp3) is 0.320. The van der Waals surface area contributed by atoms with Gasteiger partial charge in [-0.2, -0.15) is 0 Å². The third-order valence-electron chi connectivity index (χ3n) is 6.45. The van der Waals surface area contributed by atoms with Gasteiger partial charge in [-0.1, -0.05) is 36.2 Å². The van der Waals surface area contributed by atoms with Crippen LogP contribution in [0.4, 0.5) is 11.4 Å². The summed E-state index contributed by atoms with van der Waals surface area (Å²) in [5.74, 6) is -0.677. The van der Waals surface area contributed by atoms with Crippen molar-refractivity contribution in [1.82, 2.24) is 5.32 Å². The van der Waals surface area contributed by atoms with Crippen LogP contribution in [0.2, 0.25) is 5.02 Å². The van der Waals surface area contributed by atoms with Crippen LogP contribution in [0, 0.1) is 6.92 Å². The van der Waals surface area contributed by atoms with Gasteiger partial charge in [-0.05, 0) is 86.8 Å². The summed E-state index contributed by atoms with van der Waals surface area (Å²) < 4.78 is 0. The number of hydrogen-bond acceptors (Lipinski definition) is 4. The molecule has 1 N–H and O–H groups in total. The van der Waals surface area contributed by atoms with E-state index in [1.807, 2.05) is 31.2 Å². The van der Waals surface area contributed by atoms with Gasteiger partial charge in [0.1, 0.15) is 5.57 Å². The lowest BCUT2D eigenvalue weighted by Gasteiger charge is -2.45. The summed E-state index contributed by atoms with van der Waals surface area (Å²) in [6, 6.07) is 11.3. The maximum atomic E-state index is 13.3. The molecule has 4 rings (SSSR count). The predicted octanol–water partition coefficient (Wildman–Crippen LogP) is 5.20. The molecule has 0 aromatic heterocycles. The van der Waals surface area contributed by atoms with Crippen molar-refractivity contribution in [3.8, 4) is 0 Å². The Morgan fingerprint density at radius 1 is 1.19 bits per heavy atom. The van der Waals surface area contributed by atoms with Gasteiger partial charge < -0.3 is 4.90 Å². The molecule has 1 atom stereocenters. The third-order valence-corrected chi connectivity index (χ3v) is 7.06. The molecular formula is C25H26ClN3O2S. The molecule has 0 radical (unpaired) electrons. The van der Waals surface area contributed by atoms with E-state index in [-0.39, 0.29) is 16.2 Å². The average Bonchev–Trinajstić information content (AvgIpc) is 2.71. The standard InChI is InChI=1S/C25H26ClN3O2S/c1-14-6-8-17(9-7-14)29-23(31)19(22(30)27-24(29)32)11-16-10-18-15(2)13-25(3,4)28(5)21(18)12-20(16)26/h6-12,15H,13H2,1-5H3,(H,27,30,32)/b19-11+/t15-/m0/s1. The second kappa shape index (κ2) is 8.01. The number of thiocarbonyl (C=S) groups is 1. The van der Waals surface area contributed by atoms with Gasteiger partial charge in [0.2, 0.25) is 0 Å². The SMILES string of the molecule is Cc1ccc(N2C(=O)/C(=C/c3cc4c(cc3Cl)N(C)C(C)(C)C[C@@H]4C)C(=O)NC2=S)cc1. The number of amides is 2. The number of rotatable bonds is 2. The first-order valence-electron chi connectivity index (χ1n) is 10.5. The Morgan fingerprint density at radius 3 is 2.50 bits per heavy atom. The lowest BCUT2D eigenvalue weighted by Crippen LogP contribution is -2.54. The van der Waals surface area contributed by atoms with Gasteiger partial charge in [-0.15, -0.1) is 0 Å². The predicted molar refractivity (Wildman–Crippen MR) is 134 cm³/mol. The van der Waals surface area contributed by atoms with Gasteiger partial charge in [-0.25, -0.2) is 0 Å². The third kappa shape index (κ3) is 3.82. The molecule has 0 aliphatic carbocycles. The van der Waals surface area contributed by atoms with Crippen LogP contribution < -0.4 is 15.1 Å². The van der Waals surface area contributed by atoms with Crippen molar-refractivity contribution in [2.75, 3.05) is 16.8 Å². The topological polar surface area (TPSA) is 52.7 Å². The highest BCUT2D eigenvalue weighted by molar-refractivity contribution is 7.80. The molecule has 166 valence electrons. The molecule has 32 heavy (non-hydrogen) atoms. The van der Waals surface area contributed by atoms with Gasteiger partial charge in [0.05, 0.1) is 5.69 Å². The number of hydrogen-bond donors (Lipinski definition) is 1. The highest BCUT2D eigenvalue weighted by Crippen LogP contribution is 2.44. The molecule has 0 spiro atoms. The minimum absolute atomic E-state index is 0.00169. The number of carbonyl (C=O) groups excluding carboxylic acids is 2. The Bertz CT molecular complexity index is 1170. The van der Waals surface area contributed by atoms with Crippen molar-refractivity contribution >= 4 is 58.2 Å². The fourth-order valence-electron chi connectivity index (χ4n) is 4.46. The van der Waals surface area contributed by atoms with E-state index in [1.165, 1.54) is 4.90 Å². The van der Waals surface area contributed by atoms with Crippen molar-refractivity contribution in [2.24, 2.45) is 0 Å². The molecule has 2 aliphatic heterocycles. The van der Waals surface area contributed by atoms with E-state index in [0.717, 1.165) is 23.2 Å². The minimum Gasteiger partial charge on any atom is -0.369 e. The van der Waals surface area contributed by atoms with Crippen LogP contribution in [0.3, 0.4) is 0 Å². The van der Waals surface area contributed by atoms with Crippen molar-refractivity contribution in [1.29, 1.82) is 0 Å². The number of fused-ring (bicyclic) bond motifs is 1. The summed E-state index contributed by atoms with van der Waals surface area (Å²) >= 11 is 11.9. The fourth-order valence-corrected chi connectivity index (χ4v) is 4.95. The lowest BCUT2D eigenvalue weighted by molar-refractivity contribution is -0.122. The van der Waals surface area contributed by atoms with Gasteiger partial charge in [0.15, 0.2) is 5.11 Å². The molecule has 1 saturated heterocycles. The van der Waals surface area contributed by atoms with Crippen LogP contribution in [0.1, 0.15) is 49.8 Å². The van der Waals surface area contributed by atoms with Crippen LogP contribution in [-0.2, 0) is 9.59 Å². The van der Waals surface area contributed by atoms with Crippen molar-refractivity contribution in [3.63, 3.8) is 0 Å². The van der Waals surface area contributed by atoms with Crippen LogP contribution in [-0.4, -0.2) is 29.5 Å². The molecule has 1 fully saturated rings. The molecule has 2 aliphatic rings. The molecule has 2 amide bonds. The Labute approximate surface area is 199 Å². The van der Waals surface area contributed by atoms with E-state index in [1.54, 1.807) is 18.2 Å². The largest absolute Gasteiger partial charge is 0.369 e. The smallest absolute Gasteiger partial charge is 0.270 e. The monoisotopic (exact) mass is 467 g/mol. The molecule has 0 unspecified atom stereocenters. The summed E-state index contributed by atoms with van der Waals surface area (Å²) in [6.45, 7) is 8.58. The zero-order chi connectivity index (χ0) is 23.4. The van der Waals surface area contributed by atoms with Crippen LogP contribution >= 0.6 is 23.8 Å². The first-order chi connectivity index (χ1) is 15.0. The summed E-state index contributed by atoms with van der Waals surface area (Å²) in [5, 5.41) is 3.18. The van der Waals surface area contributed by atoms with Crippen molar-refractivity contribution < 1.29 is 9.59 Å². The minimum atomic E-state index is -0.525. The molecule has 0 saturated carbocycles. The lowest BCUT2D eigenvalue weighted by atomic mass is 9.80. The van der Waals surface area contributed by atoms with E-state index >= 15 is 0 Å². The normalized spacial score (nSPS) is 21.6. The van der Waals surface area contributed by atoms with E-state index in [9.17, 15) is 9.59 Å². The summed E-state index contributed by atoms with van der Waals surface area (Å²) in [7, 11) is 2.07. The molecule has 7 heteroatoms. The number of carbonyl (C=O) groups is 2. The summed E-state index contributed by atoms with van der Waals surface area (Å²) in [5.41, 5.74) is 4.54. The molecular weight excluding hydrogens is 442 g/mol. The summed E-state index contributed by atoms with van der Waals surface area (Å²) in [6.07, 6.45) is 2.55. The number of nitrogens with one attached hydrogen (secondary N) is 1. The second-order valence-corrected chi connectivity index (χ2v) is 10.00. The van der Waals surface area contributed by atoms with Gasteiger partial charge in [0, 0.05) is 23.3 Å². The van der Waals surface area contributed by atoms with Crippen LogP contribution in [0.5, 0.6) is 0 Å². The number of benzene rings is 2. The quantitative estimate of drug-likeness (QED) is 0.374. The molecule has 5 nitrogen and oxygen atoms in total. The van der Waals surface area contributed by atoms with E-state index in [2.05, 4.69) is 38.0 Å². The Morgan fingerprint density at radius 2 is 1.84 bits per heavy atom. The Kier molecular flexibility index (Phi) is 5.63. The highest BCUT2D eigenvalue weighted by atomic mass is 35.5. The first kappa shape index (κ1) is 22.5. The molecule has 2 aromatic rings. The van der Waals surface area contributed by atoms with Gasteiger partial charge in [-0.3, -0.25) is 19.8 Å². The van der Waals surface area contributed by atoms with Crippen molar-refractivity contribution in [2.45, 2.75) is 45.6 Å².